The van der Waals surface area contributed by atoms with Gasteiger partial charge in [0, 0.05) is 13.1 Å². The van der Waals surface area contributed by atoms with Crippen LogP contribution < -0.4 is 0 Å². The van der Waals surface area contributed by atoms with Crippen LogP contribution in [-0.4, -0.2) is 42.8 Å². The first kappa shape index (κ1) is 14.1. The largest absolute Gasteiger partial charge is 0.460 e. The van der Waals surface area contributed by atoms with Crippen molar-refractivity contribution in [3.05, 3.63) is 23.7 Å². The highest BCUT2D eigenvalue weighted by Gasteiger charge is 2.23. The Morgan fingerprint density at radius 3 is 2.68 bits per heavy atom. The van der Waals surface area contributed by atoms with Gasteiger partial charge in [0.05, 0.1) is 25.4 Å². The summed E-state index contributed by atoms with van der Waals surface area (Å²) in [6.07, 6.45) is 0.450. The highest BCUT2D eigenvalue weighted by molar-refractivity contribution is 5.86. The molecule has 0 saturated carbocycles. The molecule has 5 nitrogen and oxygen atoms in total. The van der Waals surface area contributed by atoms with Gasteiger partial charge in [0.15, 0.2) is 0 Å². The first-order chi connectivity index (χ1) is 9.08. The average molecular weight is 267 g/mol. The van der Waals surface area contributed by atoms with E-state index in [9.17, 15) is 4.79 Å². The first-order valence-corrected chi connectivity index (χ1v) is 6.72. The fraction of sp³-hybridized carbons (Fsp3) is 0.643. The Balaban J connectivity index is 1.94. The van der Waals surface area contributed by atoms with Crippen LogP contribution in [0.1, 0.15) is 37.1 Å². The number of morpholine rings is 1. The summed E-state index contributed by atoms with van der Waals surface area (Å²) in [6.45, 7) is 8.70. The minimum atomic E-state index is -0.405. The van der Waals surface area contributed by atoms with Gasteiger partial charge in [-0.3, -0.25) is 4.90 Å². The minimum absolute atomic E-state index is 0.225. The number of nitrogens with zero attached hydrogens (tertiary/aromatic N) is 1. The molecule has 19 heavy (non-hydrogen) atoms. The van der Waals surface area contributed by atoms with Crippen molar-refractivity contribution in [2.75, 3.05) is 19.7 Å². The molecule has 1 aliphatic rings. The molecule has 0 bridgehead atoms. The molecule has 106 valence electrons. The Kier molecular flexibility index (Phi) is 4.61. The van der Waals surface area contributed by atoms with Crippen molar-refractivity contribution >= 4 is 5.97 Å². The Bertz CT molecular complexity index is 419. The molecule has 2 unspecified atom stereocenters. The van der Waals surface area contributed by atoms with Crippen LogP contribution in [-0.2, 0) is 16.0 Å². The molecule has 2 atom stereocenters. The van der Waals surface area contributed by atoms with E-state index in [1.165, 1.54) is 0 Å². The second-order valence-corrected chi connectivity index (χ2v) is 4.94. The number of carbonyl (C=O) groups excluding carboxylic acids is 1. The topological polar surface area (TPSA) is 51.9 Å². The lowest BCUT2D eigenvalue weighted by Gasteiger charge is -2.34. The van der Waals surface area contributed by atoms with E-state index in [0.717, 1.165) is 18.8 Å². The zero-order chi connectivity index (χ0) is 13.8. The van der Waals surface area contributed by atoms with Crippen molar-refractivity contribution in [2.24, 2.45) is 0 Å². The molecule has 2 heterocycles. The molecule has 0 N–H and O–H groups in total. The second kappa shape index (κ2) is 6.21. The molecule has 0 aliphatic carbocycles. The van der Waals surface area contributed by atoms with Crippen molar-refractivity contribution in [1.82, 2.24) is 4.90 Å². The lowest BCUT2D eigenvalue weighted by Crippen LogP contribution is -2.44. The molecule has 0 spiro atoms. The number of carbonyl (C=O) groups is 1. The van der Waals surface area contributed by atoms with Gasteiger partial charge in [-0.1, -0.05) is 0 Å². The van der Waals surface area contributed by atoms with Crippen LogP contribution in [0.15, 0.2) is 16.5 Å². The maximum absolute atomic E-state index is 11.5. The molecular formula is C14H21NO4. The molecule has 5 heteroatoms. The highest BCUT2D eigenvalue weighted by Crippen LogP contribution is 2.16. The fourth-order valence-electron chi connectivity index (χ4n) is 2.41. The molecular weight excluding hydrogens is 246 g/mol. The van der Waals surface area contributed by atoms with Crippen molar-refractivity contribution in [3.8, 4) is 0 Å². The molecule has 0 aromatic carbocycles. The summed E-state index contributed by atoms with van der Waals surface area (Å²) in [5.74, 6) is 0.646. The lowest BCUT2D eigenvalue weighted by molar-refractivity contribution is -0.0719. The quantitative estimate of drug-likeness (QED) is 0.782. The molecule has 1 fully saturated rings. The van der Waals surface area contributed by atoms with Gasteiger partial charge in [-0.2, -0.15) is 0 Å². The van der Waals surface area contributed by atoms with Gasteiger partial charge >= 0.3 is 5.97 Å². The summed E-state index contributed by atoms with van der Waals surface area (Å²) in [5, 5.41) is 0. The summed E-state index contributed by atoms with van der Waals surface area (Å²) in [7, 11) is 0. The predicted molar refractivity (Wildman–Crippen MR) is 70.0 cm³/mol. The van der Waals surface area contributed by atoms with E-state index in [-0.39, 0.29) is 18.0 Å². The van der Waals surface area contributed by atoms with E-state index in [0.29, 0.717) is 13.2 Å². The van der Waals surface area contributed by atoms with Crippen molar-refractivity contribution in [3.63, 3.8) is 0 Å². The van der Waals surface area contributed by atoms with E-state index < -0.39 is 5.97 Å². The van der Waals surface area contributed by atoms with Crippen LogP contribution in [0.5, 0.6) is 0 Å². The summed E-state index contributed by atoms with van der Waals surface area (Å²) < 4.78 is 16.1. The maximum Gasteiger partial charge on any atom is 0.374 e. The molecule has 0 amide bonds. The number of rotatable bonds is 4. The highest BCUT2D eigenvalue weighted by atomic mass is 16.5. The Morgan fingerprint density at radius 2 is 2.05 bits per heavy atom. The van der Waals surface area contributed by atoms with Crippen LogP contribution in [0.2, 0.25) is 0 Å². The summed E-state index contributed by atoms with van der Waals surface area (Å²) in [4.78, 5) is 13.8. The SMILES string of the molecule is CCOC(=O)c1ccc(CN2CC(C)OC(C)C2)o1. The zero-order valence-electron chi connectivity index (χ0n) is 11.7. The molecule has 1 aliphatic heterocycles. The Labute approximate surface area is 113 Å². The molecule has 1 aromatic rings. The Morgan fingerprint density at radius 1 is 1.37 bits per heavy atom. The average Bonchev–Trinajstić information content (AvgIpc) is 2.76. The van der Waals surface area contributed by atoms with E-state index in [4.69, 9.17) is 13.9 Å². The number of furan rings is 1. The molecule has 1 saturated heterocycles. The van der Waals surface area contributed by atoms with Crippen molar-refractivity contribution < 1.29 is 18.7 Å². The number of ether oxygens (including phenoxy) is 2. The standard InChI is InChI=1S/C14H21NO4/c1-4-17-14(16)13-6-5-12(19-13)9-15-7-10(2)18-11(3)8-15/h5-6,10-11H,4,7-9H2,1-3H3. The maximum atomic E-state index is 11.5. The fourth-order valence-corrected chi connectivity index (χ4v) is 2.41. The number of esters is 1. The van der Waals surface area contributed by atoms with Crippen LogP contribution in [0.3, 0.4) is 0 Å². The van der Waals surface area contributed by atoms with Gasteiger partial charge in [0.2, 0.25) is 5.76 Å². The van der Waals surface area contributed by atoms with Crippen LogP contribution in [0, 0.1) is 0 Å². The number of hydrogen-bond donors (Lipinski definition) is 0. The van der Waals surface area contributed by atoms with Gasteiger partial charge in [-0.15, -0.1) is 0 Å². The normalized spacial score (nSPS) is 24.4. The molecule has 0 radical (unpaired) electrons. The van der Waals surface area contributed by atoms with Gasteiger partial charge in [-0.05, 0) is 32.9 Å². The first-order valence-electron chi connectivity index (χ1n) is 6.72. The third-order valence-corrected chi connectivity index (χ3v) is 3.01. The third kappa shape index (κ3) is 3.81. The summed E-state index contributed by atoms with van der Waals surface area (Å²) in [6, 6.07) is 3.50. The van der Waals surface area contributed by atoms with E-state index in [2.05, 4.69) is 18.7 Å². The van der Waals surface area contributed by atoms with Gasteiger partial charge in [0.25, 0.3) is 0 Å². The van der Waals surface area contributed by atoms with Gasteiger partial charge in [0.1, 0.15) is 5.76 Å². The smallest absolute Gasteiger partial charge is 0.374 e. The monoisotopic (exact) mass is 267 g/mol. The zero-order valence-corrected chi connectivity index (χ0v) is 11.7. The van der Waals surface area contributed by atoms with Crippen molar-refractivity contribution in [1.29, 1.82) is 0 Å². The second-order valence-electron chi connectivity index (χ2n) is 4.94. The summed E-state index contributed by atoms with van der Waals surface area (Å²) >= 11 is 0. The van der Waals surface area contributed by atoms with E-state index in [1.807, 2.05) is 6.07 Å². The van der Waals surface area contributed by atoms with Crippen LogP contribution >= 0.6 is 0 Å². The third-order valence-electron chi connectivity index (χ3n) is 3.01. The molecule has 2 rings (SSSR count). The predicted octanol–water partition coefficient (Wildman–Crippen LogP) is 2.07. The summed E-state index contributed by atoms with van der Waals surface area (Å²) in [5.41, 5.74) is 0. The van der Waals surface area contributed by atoms with E-state index in [1.54, 1.807) is 13.0 Å². The van der Waals surface area contributed by atoms with Crippen LogP contribution in [0.4, 0.5) is 0 Å². The van der Waals surface area contributed by atoms with Gasteiger partial charge in [-0.25, -0.2) is 4.79 Å². The van der Waals surface area contributed by atoms with Crippen molar-refractivity contribution in [2.45, 2.75) is 39.5 Å². The van der Waals surface area contributed by atoms with Crippen LogP contribution in [0.25, 0.3) is 0 Å². The Hall–Kier alpha value is -1.33. The van der Waals surface area contributed by atoms with Gasteiger partial charge < -0.3 is 13.9 Å². The number of hydrogen-bond acceptors (Lipinski definition) is 5. The molecule has 1 aromatic heterocycles. The minimum Gasteiger partial charge on any atom is -0.460 e. The lowest BCUT2D eigenvalue weighted by atomic mass is 10.2. The van der Waals surface area contributed by atoms with E-state index >= 15 is 0 Å².